The first-order valence-electron chi connectivity index (χ1n) is 12.2. The average molecular weight is 429 g/mol. The summed E-state index contributed by atoms with van der Waals surface area (Å²) in [6.45, 7) is 0.624. The molecular formula is C28H32N2O2. The van der Waals surface area contributed by atoms with Crippen molar-refractivity contribution in [2.24, 2.45) is 17.8 Å². The van der Waals surface area contributed by atoms with Crippen LogP contribution in [0.2, 0.25) is 0 Å². The van der Waals surface area contributed by atoms with Crippen LogP contribution in [0.3, 0.4) is 0 Å². The molecule has 0 saturated heterocycles. The van der Waals surface area contributed by atoms with Gasteiger partial charge in [-0.1, -0.05) is 18.2 Å². The molecule has 166 valence electrons. The summed E-state index contributed by atoms with van der Waals surface area (Å²) in [5.41, 5.74) is 4.63. The van der Waals surface area contributed by atoms with Crippen molar-refractivity contribution in [2.75, 3.05) is 13.7 Å². The molecule has 3 aromatic rings. The van der Waals surface area contributed by atoms with E-state index in [0.29, 0.717) is 6.54 Å². The number of ether oxygens (including phenoxy) is 1. The molecule has 2 N–H and O–H groups in total. The van der Waals surface area contributed by atoms with Crippen LogP contribution in [0.25, 0.3) is 10.9 Å². The van der Waals surface area contributed by atoms with Crippen LogP contribution in [0.1, 0.15) is 60.0 Å². The Balaban J connectivity index is 1.20. The Hall–Kier alpha value is -2.75. The van der Waals surface area contributed by atoms with Crippen molar-refractivity contribution in [3.63, 3.8) is 0 Å². The summed E-state index contributed by atoms with van der Waals surface area (Å²) in [7, 11) is 1.76. The van der Waals surface area contributed by atoms with Crippen molar-refractivity contribution < 1.29 is 9.53 Å². The van der Waals surface area contributed by atoms with Crippen molar-refractivity contribution in [3.8, 4) is 5.75 Å². The van der Waals surface area contributed by atoms with Gasteiger partial charge < -0.3 is 15.0 Å². The molecule has 0 aliphatic heterocycles. The standard InChI is InChI=1S/C28H32N2O2/c1-32-26-7-6-21(13-24(26)28-14-18-10-19(15-28)12-20(11-18)16-28)27(31)29-9-8-22-17-30-25-5-3-2-4-23(22)25/h2-7,13,17-20,30H,8-12,14-16H2,1H3,(H,29,31). The Morgan fingerprint density at radius 1 is 1.06 bits per heavy atom. The predicted octanol–water partition coefficient (Wildman–Crippen LogP) is 5.62. The van der Waals surface area contributed by atoms with Gasteiger partial charge in [-0.15, -0.1) is 0 Å². The fourth-order valence-electron chi connectivity index (χ4n) is 7.46. The van der Waals surface area contributed by atoms with Crippen molar-refractivity contribution in [1.29, 1.82) is 0 Å². The lowest BCUT2D eigenvalue weighted by Crippen LogP contribution is -2.48. The van der Waals surface area contributed by atoms with Crippen LogP contribution in [0.15, 0.2) is 48.7 Å². The average Bonchev–Trinajstić information content (AvgIpc) is 3.21. The molecule has 4 aliphatic carbocycles. The second-order valence-electron chi connectivity index (χ2n) is 10.5. The van der Waals surface area contributed by atoms with Crippen LogP contribution in [0.5, 0.6) is 5.75 Å². The van der Waals surface area contributed by atoms with Crippen molar-refractivity contribution in [1.82, 2.24) is 10.3 Å². The number of methoxy groups -OCH3 is 1. The van der Waals surface area contributed by atoms with Gasteiger partial charge in [0.1, 0.15) is 5.75 Å². The largest absolute Gasteiger partial charge is 0.496 e. The molecular weight excluding hydrogens is 396 g/mol. The zero-order valence-electron chi connectivity index (χ0n) is 18.8. The smallest absolute Gasteiger partial charge is 0.251 e. The molecule has 0 unspecified atom stereocenters. The van der Waals surface area contributed by atoms with E-state index in [4.69, 9.17) is 4.74 Å². The molecule has 0 radical (unpaired) electrons. The maximum Gasteiger partial charge on any atom is 0.251 e. The number of H-pyrrole nitrogens is 1. The van der Waals surface area contributed by atoms with Gasteiger partial charge in [-0.3, -0.25) is 4.79 Å². The summed E-state index contributed by atoms with van der Waals surface area (Å²) in [4.78, 5) is 16.4. The number of carbonyl (C=O) groups excluding carboxylic acids is 1. The van der Waals surface area contributed by atoms with Gasteiger partial charge in [-0.2, -0.15) is 0 Å². The van der Waals surface area contributed by atoms with Gasteiger partial charge in [0.05, 0.1) is 7.11 Å². The second-order valence-corrected chi connectivity index (χ2v) is 10.5. The van der Waals surface area contributed by atoms with Gasteiger partial charge in [0, 0.05) is 34.8 Å². The molecule has 4 nitrogen and oxygen atoms in total. The van der Waals surface area contributed by atoms with E-state index in [2.05, 4.69) is 40.8 Å². The van der Waals surface area contributed by atoms with Gasteiger partial charge in [0.25, 0.3) is 5.91 Å². The first-order chi connectivity index (χ1) is 15.6. The lowest BCUT2D eigenvalue weighted by Gasteiger charge is -2.57. The first kappa shape index (κ1) is 19.9. The summed E-state index contributed by atoms with van der Waals surface area (Å²) in [6, 6.07) is 14.4. The second kappa shape index (κ2) is 7.68. The van der Waals surface area contributed by atoms with E-state index >= 15 is 0 Å². The number of aromatic nitrogens is 1. The van der Waals surface area contributed by atoms with E-state index in [0.717, 1.165) is 41.0 Å². The van der Waals surface area contributed by atoms with Crippen LogP contribution in [-0.2, 0) is 11.8 Å². The zero-order valence-corrected chi connectivity index (χ0v) is 18.8. The Morgan fingerprint density at radius 2 is 1.78 bits per heavy atom. The number of para-hydroxylation sites is 1. The third-order valence-corrected chi connectivity index (χ3v) is 8.43. The number of nitrogens with one attached hydrogen (secondary N) is 2. The van der Waals surface area contributed by atoms with Crippen LogP contribution in [0, 0.1) is 17.8 Å². The maximum absolute atomic E-state index is 13.1. The predicted molar refractivity (Wildman–Crippen MR) is 127 cm³/mol. The molecule has 4 heteroatoms. The molecule has 1 heterocycles. The normalized spacial score (nSPS) is 28.2. The molecule has 4 bridgehead atoms. The number of hydrogen-bond acceptors (Lipinski definition) is 2. The molecule has 32 heavy (non-hydrogen) atoms. The minimum Gasteiger partial charge on any atom is -0.496 e. The molecule has 4 saturated carbocycles. The van der Waals surface area contributed by atoms with Crippen LogP contribution < -0.4 is 10.1 Å². The quantitative estimate of drug-likeness (QED) is 0.536. The molecule has 1 aromatic heterocycles. The fourth-order valence-corrected chi connectivity index (χ4v) is 7.46. The van der Waals surface area contributed by atoms with E-state index in [1.165, 1.54) is 55.0 Å². The third kappa shape index (κ3) is 3.32. The van der Waals surface area contributed by atoms with Gasteiger partial charge >= 0.3 is 0 Å². The van der Waals surface area contributed by atoms with E-state index in [1.807, 2.05) is 18.2 Å². The summed E-state index contributed by atoms with van der Waals surface area (Å²) in [6.07, 6.45) is 10.9. The minimum absolute atomic E-state index is 0.0125. The van der Waals surface area contributed by atoms with Crippen molar-refractivity contribution >= 4 is 16.8 Å². The highest BCUT2D eigenvalue weighted by atomic mass is 16.5. The molecule has 0 atom stereocenters. The van der Waals surface area contributed by atoms with Gasteiger partial charge in [0.2, 0.25) is 0 Å². The van der Waals surface area contributed by atoms with Crippen LogP contribution in [0.4, 0.5) is 0 Å². The number of carbonyl (C=O) groups is 1. The SMILES string of the molecule is COc1ccc(C(=O)NCCc2c[nH]c3ccccc23)cc1C12CC3CC(CC(C3)C1)C2. The van der Waals surface area contributed by atoms with Crippen LogP contribution >= 0.6 is 0 Å². The molecule has 4 aliphatic rings. The van der Waals surface area contributed by atoms with E-state index < -0.39 is 0 Å². The summed E-state index contributed by atoms with van der Waals surface area (Å²) >= 11 is 0. The van der Waals surface area contributed by atoms with Crippen molar-refractivity contribution in [3.05, 3.63) is 65.4 Å². The highest BCUT2D eigenvalue weighted by molar-refractivity contribution is 5.94. The Labute approximate surface area is 189 Å². The topological polar surface area (TPSA) is 54.1 Å². The molecule has 2 aromatic carbocycles. The number of fused-ring (bicyclic) bond motifs is 1. The molecule has 1 amide bonds. The number of amides is 1. The number of aromatic amines is 1. The van der Waals surface area contributed by atoms with Gasteiger partial charge in [0.15, 0.2) is 0 Å². The minimum atomic E-state index is 0.0125. The lowest BCUT2D eigenvalue weighted by atomic mass is 9.48. The first-order valence-corrected chi connectivity index (χ1v) is 12.2. The molecule has 4 fully saturated rings. The fraction of sp³-hybridized carbons (Fsp3) is 0.464. The van der Waals surface area contributed by atoms with E-state index in [1.54, 1.807) is 7.11 Å². The van der Waals surface area contributed by atoms with E-state index in [9.17, 15) is 4.79 Å². The maximum atomic E-state index is 13.1. The monoisotopic (exact) mass is 428 g/mol. The molecule has 0 spiro atoms. The molecule has 7 rings (SSSR count). The number of rotatable bonds is 6. The zero-order chi connectivity index (χ0) is 21.7. The Bertz CT molecular complexity index is 1130. The summed E-state index contributed by atoms with van der Waals surface area (Å²) < 4.78 is 5.81. The van der Waals surface area contributed by atoms with E-state index in [-0.39, 0.29) is 11.3 Å². The summed E-state index contributed by atoms with van der Waals surface area (Å²) in [5, 5.41) is 4.38. The van der Waals surface area contributed by atoms with Gasteiger partial charge in [-0.25, -0.2) is 0 Å². The number of hydrogen-bond donors (Lipinski definition) is 2. The van der Waals surface area contributed by atoms with Gasteiger partial charge in [-0.05, 0) is 97.9 Å². The Morgan fingerprint density at radius 3 is 2.50 bits per heavy atom. The summed E-state index contributed by atoms with van der Waals surface area (Å²) in [5.74, 6) is 3.56. The number of benzene rings is 2. The van der Waals surface area contributed by atoms with Crippen molar-refractivity contribution in [2.45, 2.75) is 50.4 Å². The lowest BCUT2D eigenvalue weighted by molar-refractivity contribution is -0.00617. The Kier molecular flexibility index (Phi) is 4.78. The highest BCUT2D eigenvalue weighted by Gasteiger charge is 2.52. The highest BCUT2D eigenvalue weighted by Crippen LogP contribution is 2.61. The van der Waals surface area contributed by atoms with Crippen LogP contribution in [-0.4, -0.2) is 24.5 Å². The third-order valence-electron chi connectivity index (χ3n) is 8.43.